The Morgan fingerprint density at radius 3 is 2.53 bits per heavy atom. The van der Waals surface area contributed by atoms with Gasteiger partial charge >= 0.3 is 0 Å². The van der Waals surface area contributed by atoms with Crippen LogP contribution in [0.2, 0.25) is 0 Å². The summed E-state index contributed by atoms with van der Waals surface area (Å²) >= 11 is 0. The van der Waals surface area contributed by atoms with Crippen LogP contribution >= 0.6 is 0 Å². The number of hydrogen-bond acceptors (Lipinski definition) is 5. The molecule has 0 aliphatic carbocycles. The smallest absolute Gasteiger partial charge is 0.276 e. The van der Waals surface area contributed by atoms with Gasteiger partial charge in [0.15, 0.2) is 6.29 Å². The van der Waals surface area contributed by atoms with E-state index in [2.05, 4.69) is 0 Å². The number of nitrogens with zero attached hydrogens (tertiary/aromatic N) is 1. The second-order valence-corrected chi connectivity index (χ2v) is 3.37. The standard InChI is InChI=1S/C11H15NO5/c1-8-9(12(13)14)5-4-6-10(8)17-7-11(15-2)16-3/h4-6,11H,7H2,1-3H3. The summed E-state index contributed by atoms with van der Waals surface area (Å²) in [5.41, 5.74) is 0.525. The fourth-order valence-corrected chi connectivity index (χ4v) is 1.35. The Kier molecular flexibility index (Phi) is 4.86. The van der Waals surface area contributed by atoms with Crippen LogP contribution in [-0.2, 0) is 9.47 Å². The second kappa shape index (κ2) is 6.17. The molecule has 94 valence electrons. The summed E-state index contributed by atoms with van der Waals surface area (Å²) in [6.07, 6.45) is -0.492. The van der Waals surface area contributed by atoms with Crippen LogP contribution in [-0.4, -0.2) is 32.0 Å². The highest BCUT2D eigenvalue weighted by Gasteiger charge is 2.15. The van der Waals surface area contributed by atoms with Crippen molar-refractivity contribution in [2.45, 2.75) is 13.2 Å². The van der Waals surface area contributed by atoms with Crippen LogP contribution < -0.4 is 4.74 Å². The number of methoxy groups -OCH3 is 2. The molecule has 0 N–H and O–H groups in total. The highest BCUT2D eigenvalue weighted by molar-refractivity contribution is 5.48. The Balaban J connectivity index is 2.78. The molecule has 0 fully saturated rings. The minimum absolute atomic E-state index is 0.0360. The lowest BCUT2D eigenvalue weighted by atomic mass is 10.2. The van der Waals surface area contributed by atoms with Gasteiger partial charge in [0.25, 0.3) is 5.69 Å². The van der Waals surface area contributed by atoms with Gasteiger partial charge in [0.1, 0.15) is 12.4 Å². The van der Waals surface area contributed by atoms with Gasteiger partial charge in [0.05, 0.1) is 10.5 Å². The van der Waals surface area contributed by atoms with Crippen molar-refractivity contribution >= 4 is 5.69 Å². The minimum Gasteiger partial charge on any atom is -0.488 e. The molecule has 0 spiro atoms. The number of ether oxygens (including phenoxy) is 3. The quantitative estimate of drug-likeness (QED) is 0.432. The molecule has 1 rings (SSSR count). The van der Waals surface area contributed by atoms with Crippen LogP contribution in [0.5, 0.6) is 5.75 Å². The summed E-state index contributed by atoms with van der Waals surface area (Å²) in [5.74, 6) is 0.457. The normalized spacial score (nSPS) is 10.6. The zero-order chi connectivity index (χ0) is 12.8. The van der Waals surface area contributed by atoms with Gasteiger partial charge in [0.2, 0.25) is 0 Å². The number of nitro groups is 1. The summed E-state index contributed by atoms with van der Waals surface area (Å²) in [6.45, 7) is 1.82. The second-order valence-electron chi connectivity index (χ2n) is 3.37. The first-order valence-electron chi connectivity index (χ1n) is 5.02. The Hall–Kier alpha value is -1.66. The van der Waals surface area contributed by atoms with Gasteiger partial charge in [0, 0.05) is 20.3 Å². The zero-order valence-corrected chi connectivity index (χ0v) is 10.0. The molecular weight excluding hydrogens is 226 g/mol. The van der Waals surface area contributed by atoms with Gasteiger partial charge in [-0.15, -0.1) is 0 Å². The summed E-state index contributed by atoms with van der Waals surface area (Å²) in [7, 11) is 3.00. The van der Waals surface area contributed by atoms with E-state index in [4.69, 9.17) is 14.2 Å². The molecule has 0 saturated carbocycles. The molecule has 0 atom stereocenters. The minimum atomic E-state index is -0.492. The van der Waals surface area contributed by atoms with Gasteiger partial charge in [-0.05, 0) is 13.0 Å². The van der Waals surface area contributed by atoms with Crippen molar-refractivity contribution in [3.05, 3.63) is 33.9 Å². The molecule has 1 aromatic rings. The summed E-state index contributed by atoms with van der Waals surface area (Å²) < 4.78 is 15.3. The van der Waals surface area contributed by atoms with E-state index in [1.54, 1.807) is 19.1 Å². The van der Waals surface area contributed by atoms with Crippen molar-refractivity contribution in [2.75, 3.05) is 20.8 Å². The zero-order valence-electron chi connectivity index (χ0n) is 10.0. The fourth-order valence-electron chi connectivity index (χ4n) is 1.35. The lowest BCUT2D eigenvalue weighted by molar-refractivity contribution is -0.385. The third kappa shape index (κ3) is 3.40. The summed E-state index contributed by atoms with van der Waals surface area (Å²) in [4.78, 5) is 10.3. The maximum absolute atomic E-state index is 10.7. The van der Waals surface area contributed by atoms with Crippen molar-refractivity contribution in [2.24, 2.45) is 0 Å². The highest BCUT2D eigenvalue weighted by atomic mass is 16.7. The van der Waals surface area contributed by atoms with Gasteiger partial charge in [-0.25, -0.2) is 0 Å². The van der Waals surface area contributed by atoms with E-state index < -0.39 is 11.2 Å². The molecule has 0 unspecified atom stereocenters. The number of rotatable bonds is 6. The summed E-state index contributed by atoms with van der Waals surface area (Å²) in [6, 6.07) is 4.69. The van der Waals surface area contributed by atoms with Crippen LogP contribution in [0.1, 0.15) is 5.56 Å². The van der Waals surface area contributed by atoms with Crippen molar-refractivity contribution in [1.29, 1.82) is 0 Å². The van der Waals surface area contributed by atoms with Crippen LogP contribution in [0.3, 0.4) is 0 Å². The topological polar surface area (TPSA) is 70.8 Å². The Labute approximate surface area is 99.2 Å². The van der Waals surface area contributed by atoms with Gasteiger partial charge in [-0.1, -0.05) is 6.07 Å². The van der Waals surface area contributed by atoms with Gasteiger partial charge in [-0.3, -0.25) is 10.1 Å². The van der Waals surface area contributed by atoms with E-state index in [0.29, 0.717) is 11.3 Å². The fraction of sp³-hybridized carbons (Fsp3) is 0.455. The third-order valence-electron chi connectivity index (χ3n) is 2.35. The Morgan fingerprint density at radius 2 is 2.00 bits per heavy atom. The van der Waals surface area contributed by atoms with Crippen molar-refractivity contribution in [3.63, 3.8) is 0 Å². The lowest BCUT2D eigenvalue weighted by Crippen LogP contribution is -2.22. The van der Waals surface area contributed by atoms with Crippen LogP contribution in [0.4, 0.5) is 5.69 Å². The number of nitro benzene ring substituents is 1. The number of benzene rings is 1. The van der Waals surface area contributed by atoms with E-state index in [9.17, 15) is 10.1 Å². The van der Waals surface area contributed by atoms with E-state index in [1.165, 1.54) is 20.3 Å². The maximum atomic E-state index is 10.7. The molecule has 1 aromatic carbocycles. The van der Waals surface area contributed by atoms with Crippen LogP contribution in [0.15, 0.2) is 18.2 Å². The SMILES string of the molecule is COC(COc1cccc([N+](=O)[O-])c1C)OC. The molecule has 0 radical (unpaired) electrons. The van der Waals surface area contributed by atoms with E-state index in [0.717, 1.165) is 0 Å². The average molecular weight is 241 g/mol. The van der Waals surface area contributed by atoms with Crippen LogP contribution in [0.25, 0.3) is 0 Å². The highest BCUT2D eigenvalue weighted by Crippen LogP contribution is 2.27. The molecule has 0 heterocycles. The predicted molar refractivity (Wildman–Crippen MR) is 61.1 cm³/mol. The molecule has 0 aromatic heterocycles. The van der Waals surface area contributed by atoms with Crippen molar-refractivity contribution in [3.8, 4) is 5.75 Å². The molecular formula is C11H15NO5. The molecule has 0 saturated heterocycles. The van der Waals surface area contributed by atoms with Gasteiger partial charge < -0.3 is 14.2 Å². The monoisotopic (exact) mass is 241 g/mol. The van der Waals surface area contributed by atoms with Crippen molar-refractivity contribution in [1.82, 2.24) is 0 Å². The molecule has 0 aliphatic rings. The molecule has 17 heavy (non-hydrogen) atoms. The lowest BCUT2D eigenvalue weighted by Gasteiger charge is -2.15. The third-order valence-corrected chi connectivity index (χ3v) is 2.35. The first-order chi connectivity index (χ1) is 8.10. The van der Waals surface area contributed by atoms with E-state index >= 15 is 0 Å². The summed E-state index contributed by atoms with van der Waals surface area (Å²) in [5, 5.41) is 10.7. The largest absolute Gasteiger partial charge is 0.488 e. The molecule has 6 heteroatoms. The molecule has 0 amide bonds. The van der Waals surface area contributed by atoms with Gasteiger partial charge in [-0.2, -0.15) is 0 Å². The molecule has 0 bridgehead atoms. The molecule has 6 nitrogen and oxygen atoms in total. The van der Waals surface area contributed by atoms with E-state index in [1.807, 2.05) is 0 Å². The first-order valence-corrected chi connectivity index (χ1v) is 5.02. The van der Waals surface area contributed by atoms with Crippen LogP contribution in [0, 0.1) is 17.0 Å². The van der Waals surface area contributed by atoms with E-state index in [-0.39, 0.29) is 12.3 Å². The Bertz CT molecular complexity index is 389. The van der Waals surface area contributed by atoms with Crippen molar-refractivity contribution < 1.29 is 19.1 Å². The maximum Gasteiger partial charge on any atom is 0.276 e. The first kappa shape index (κ1) is 13.4. The average Bonchev–Trinajstić information content (AvgIpc) is 2.32. The predicted octanol–water partition coefficient (Wildman–Crippen LogP) is 1.90. The molecule has 0 aliphatic heterocycles. The number of hydrogen-bond donors (Lipinski definition) is 0. The Morgan fingerprint density at radius 1 is 1.35 bits per heavy atom.